The van der Waals surface area contributed by atoms with Gasteiger partial charge in [-0.1, -0.05) is 0 Å². The highest BCUT2D eigenvalue weighted by atomic mass is 19.3. The number of alkyl halides is 2. The first kappa shape index (κ1) is 12.9. The van der Waals surface area contributed by atoms with Gasteiger partial charge in [0.05, 0.1) is 12.2 Å². The fourth-order valence-electron chi connectivity index (χ4n) is 1.45. The van der Waals surface area contributed by atoms with Crippen molar-refractivity contribution in [2.24, 2.45) is 0 Å². The Morgan fingerprint density at radius 2 is 2.19 bits per heavy atom. The smallest absolute Gasteiger partial charge is 0.337 e. The molecule has 6 heteroatoms. The maximum atomic E-state index is 13.3. The van der Waals surface area contributed by atoms with Gasteiger partial charge in [-0.25, -0.2) is 4.79 Å². The summed E-state index contributed by atoms with van der Waals surface area (Å²) in [7, 11) is 1.32. The molecule has 0 atom stereocenters. The van der Waals surface area contributed by atoms with Crippen LogP contribution in [-0.4, -0.2) is 32.4 Å². The molecule has 0 aliphatic heterocycles. The molecule has 0 aromatic rings. The first-order valence-corrected chi connectivity index (χ1v) is 4.93. The SMILES string of the molecule is CCOC(=O)C1=C(OCOC)C(F)(F)CC1. The van der Waals surface area contributed by atoms with Crippen molar-refractivity contribution < 1.29 is 27.8 Å². The Bertz CT molecular complexity index is 299. The summed E-state index contributed by atoms with van der Waals surface area (Å²) in [5, 5.41) is 0. The Hall–Kier alpha value is -1.17. The van der Waals surface area contributed by atoms with Gasteiger partial charge in [-0.2, -0.15) is 8.78 Å². The quantitative estimate of drug-likeness (QED) is 0.540. The van der Waals surface area contributed by atoms with Gasteiger partial charge in [0.2, 0.25) is 0 Å². The van der Waals surface area contributed by atoms with Gasteiger partial charge in [0.1, 0.15) is 0 Å². The molecule has 0 aromatic heterocycles. The lowest BCUT2D eigenvalue weighted by Crippen LogP contribution is -2.19. The van der Waals surface area contributed by atoms with Crippen molar-refractivity contribution in [3.8, 4) is 0 Å². The molecule has 0 fully saturated rings. The molecule has 0 radical (unpaired) electrons. The van der Waals surface area contributed by atoms with Gasteiger partial charge in [0.15, 0.2) is 12.6 Å². The predicted molar refractivity (Wildman–Crippen MR) is 50.8 cm³/mol. The molecule has 1 rings (SSSR count). The molecule has 0 aromatic carbocycles. The Balaban J connectivity index is 2.86. The van der Waals surface area contributed by atoms with Crippen LogP contribution in [0.5, 0.6) is 0 Å². The van der Waals surface area contributed by atoms with Crippen molar-refractivity contribution in [1.82, 2.24) is 0 Å². The molecule has 16 heavy (non-hydrogen) atoms. The number of carbonyl (C=O) groups excluding carboxylic acids is 1. The van der Waals surface area contributed by atoms with Crippen LogP contribution in [0.2, 0.25) is 0 Å². The van der Waals surface area contributed by atoms with E-state index in [2.05, 4.69) is 9.47 Å². The largest absolute Gasteiger partial charge is 0.465 e. The Labute approximate surface area is 92.2 Å². The van der Waals surface area contributed by atoms with Crippen LogP contribution in [0.3, 0.4) is 0 Å². The van der Waals surface area contributed by atoms with Gasteiger partial charge in [0, 0.05) is 13.5 Å². The summed E-state index contributed by atoms with van der Waals surface area (Å²) in [6.07, 6.45) is -0.467. The lowest BCUT2D eigenvalue weighted by atomic mass is 10.2. The number of carbonyl (C=O) groups is 1. The number of hydrogen-bond acceptors (Lipinski definition) is 4. The highest BCUT2D eigenvalue weighted by Crippen LogP contribution is 2.41. The molecule has 4 nitrogen and oxygen atoms in total. The van der Waals surface area contributed by atoms with Crippen LogP contribution in [-0.2, 0) is 19.0 Å². The van der Waals surface area contributed by atoms with Crippen molar-refractivity contribution in [3.63, 3.8) is 0 Å². The van der Waals surface area contributed by atoms with Gasteiger partial charge < -0.3 is 14.2 Å². The molecule has 1 aliphatic carbocycles. The molecule has 0 saturated heterocycles. The van der Waals surface area contributed by atoms with Crippen molar-refractivity contribution in [1.29, 1.82) is 0 Å². The van der Waals surface area contributed by atoms with E-state index >= 15 is 0 Å². The third-order valence-electron chi connectivity index (χ3n) is 2.14. The molecule has 92 valence electrons. The molecular weight excluding hydrogens is 222 g/mol. The maximum absolute atomic E-state index is 13.3. The summed E-state index contributed by atoms with van der Waals surface area (Å²) in [6, 6.07) is 0. The van der Waals surface area contributed by atoms with E-state index in [4.69, 9.17) is 4.74 Å². The minimum Gasteiger partial charge on any atom is -0.465 e. The molecular formula is C10H14F2O4. The first-order chi connectivity index (χ1) is 7.53. The number of halogens is 2. The van der Waals surface area contributed by atoms with E-state index in [9.17, 15) is 13.6 Å². The molecule has 0 spiro atoms. The van der Waals surface area contributed by atoms with E-state index in [0.717, 1.165) is 0 Å². The topological polar surface area (TPSA) is 44.8 Å². The Morgan fingerprint density at radius 1 is 1.50 bits per heavy atom. The highest BCUT2D eigenvalue weighted by Gasteiger charge is 2.46. The zero-order chi connectivity index (χ0) is 12.2. The third-order valence-corrected chi connectivity index (χ3v) is 2.14. The van der Waals surface area contributed by atoms with E-state index < -0.39 is 24.1 Å². The van der Waals surface area contributed by atoms with Gasteiger partial charge in [0.25, 0.3) is 0 Å². The van der Waals surface area contributed by atoms with Crippen LogP contribution < -0.4 is 0 Å². The van der Waals surface area contributed by atoms with Crippen LogP contribution in [0.25, 0.3) is 0 Å². The predicted octanol–water partition coefficient (Wildman–Crippen LogP) is 1.85. The van der Waals surface area contributed by atoms with Gasteiger partial charge in [-0.3, -0.25) is 0 Å². The monoisotopic (exact) mass is 236 g/mol. The summed E-state index contributed by atoms with van der Waals surface area (Å²) in [4.78, 5) is 11.4. The summed E-state index contributed by atoms with van der Waals surface area (Å²) in [6.45, 7) is 1.44. The molecule has 0 bridgehead atoms. The number of esters is 1. The fraction of sp³-hybridized carbons (Fsp3) is 0.700. The molecule has 0 unspecified atom stereocenters. The first-order valence-electron chi connectivity index (χ1n) is 4.93. The Kier molecular flexibility index (Phi) is 4.23. The van der Waals surface area contributed by atoms with Gasteiger partial charge in [-0.05, 0) is 13.3 Å². The molecule has 0 N–H and O–H groups in total. The van der Waals surface area contributed by atoms with E-state index in [-0.39, 0.29) is 25.4 Å². The lowest BCUT2D eigenvalue weighted by molar-refractivity contribution is -0.139. The zero-order valence-electron chi connectivity index (χ0n) is 9.22. The fourth-order valence-corrected chi connectivity index (χ4v) is 1.45. The molecule has 1 aliphatic rings. The average Bonchev–Trinajstić information content (AvgIpc) is 2.51. The second kappa shape index (κ2) is 5.25. The molecule has 0 saturated carbocycles. The van der Waals surface area contributed by atoms with Crippen LogP contribution in [0.4, 0.5) is 8.78 Å². The van der Waals surface area contributed by atoms with Gasteiger partial charge >= 0.3 is 11.9 Å². The third kappa shape index (κ3) is 2.69. The van der Waals surface area contributed by atoms with Crippen LogP contribution >= 0.6 is 0 Å². The number of hydrogen-bond donors (Lipinski definition) is 0. The summed E-state index contributed by atoms with van der Waals surface area (Å²) < 4.78 is 40.6. The standard InChI is InChI=1S/C10H14F2O4/c1-3-15-9(13)7-4-5-10(11,12)8(7)16-6-14-2/h3-6H2,1-2H3. The van der Waals surface area contributed by atoms with E-state index in [0.29, 0.717) is 0 Å². The van der Waals surface area contributed by atoms with Gasteiger partial charge in [-0.15, -0.1) is 0 Å². The van der Waals surface area contributed by atoms with E-state index in [1.807, 2.05) is 0 Å². The minimum atomic E-state index is -3.11. The summed E-state index contributed by atoms with van der Waals surface area (Å²) >= 11 is 0. The van der Waals surface area contributed by atoms with Crippen LogP contribution in [0.15, 0.2) is 11.3 Å². The van der Waals surface area contributed by atoms with Crippen LogP contribution in [0, 0.1) is 0 Å². The van der Waals surface area contributed by atoms with E-state index in [1.54, 1.807) is 6.92 Å². The van der Waals surface area contributed by atoms with Crippen molar-refractivity contribution in [2.75, 3.05) is 20.5 Å². The Morgan fingerprint density at radius 3 is 2.75 bits per heavy atom. The lowest BCUT2D eigenvalue weighted by Gasteiger charge is -2.15. The number of methoxy groups -OCH3 is 1. The van der Waals surface area contributed by atoms with Crippen molar-refractivity contribution >= 4 is 5.97 Å². The van der Waals surface area contributed by atoms with E-state index in [1.165, 1.54) is 7.11 Å². The highest BCUT2D eigenvalue weighted by molar-refractivity contribution is 5.90. The maximum Gasteiger partial charge on any atom is 0.337 e. The second-order valence-corrected chi connectivity index (χ2v) is 3.28. The summed E-state index contributed by atoms with van der Waals surface area (Å²) in [5.41, 5.74) is -0.0936. The van der Waals surface area contributed by atoms with Crippen molar-refractivity contribution in [3.05, 3.63) is 11.3 Å². The second-order valence-electron chi connectivity index (χ2n) is 3.28. The van der Waals surface area contributed by atoms with Crippen molar-refractivity contribution in [2.45, 2.75) is 25.7 Å². The minimum absolute atomic E-state index is 0.0368. The number of allylic oxidation sites excluding steroid dienone is 1. The number of rotatable bonds is 5. The molecule has 0 heterocycles. The average molecular weight is 236 g/mol. The number of ether oxygens (including phenoxy) is 3. The summed E-state index contributed by atoms with van der Waals surface area (Å²) in [5.74, 6) is -4.47. The molecule has 0 amide bonds. The zero-order valence-corrected chi connectivity index (χ0v) is 9.22. The normalized spacial score (nSPS) is 18.8. The van der Waals surface area contributed by atoms with Crippen LogP contribution in [0.1, 0.15) is 19.8 Å².